The Morgan fingerprint density at radius 3 is 2.77 bits per heavy atom. The van der Waals surface area contributed by atoms with Crippen molar-refractivity contribution in [3.05, 3.63) is 22.9 Å². The summed E-state index contributed by atoms with van der Waals surface area (Å²) in [5, 5.41) is 5.50. The van der Waals surface area contributed by atoms with Gasteiger partial charge in [-0.25, -0.2) is 14.4 Å². The number of aromatic nitrogens is 3. The van der Waals surface area contributed by atoms with Crippen LogP contribution in [0.4, 0.5) is 4.39 Å². The summed E-state index contributed by atoms with van der Waals surface area (Å²) in [6.07, 6.45) is 7.42. The number of nitrogens with one attached hydrogen (secondary N) is 1. The number of halogens is 1. The molecule has 0 spiro atoms. The number of hydrogen-bond donors (Lipinski definition) is 1. The molecule has 1 aliphatic heterocycles. The fraction of sp³-hybridized carbons (Fsp3) is 0.611. The molecule has 2 aromatic heterocycles. The molecule has 1 N–H and O–H groups in total. The van der Waals surface area contributed by atoms with E-state index in [0.29, 0.717) is 24.0 Å². The van der Waals surface area contributed by atoms with Gasteiger partial charge in [-0.2, -0.15) is 0 Å². The van der Waals surface area contributed by atoms with Crippen molar-refractivity contribution in [1.82, 2.24) is 24.8 Å². The van der Waals surface area contributed by atoms with Crippen molar-refractivity contribution in [3.8, 4) is 11.4 Å². The van der Waals surface area contributed by atoms with Gasteiger partial charge in [0.25, 0.3) is 5.91 Å². The third-order valence-corrected chi connectivity index (χ3v) is 6.33. The molecular formula is C18H24FN5OS. The topological polar surface area (TPSA) is 63.1 Å². The Morgan fingerprint density at radius 1 is 1.31 bits per heavy atom. The third-order valence-electron chi connectivity index (χ3n) is 5.49. The first-order valence-electron chi connectivity index (χ1n) is 9.21. The van der Waals surface area contributed by atoms with E-state index < -0.39 is 6.17 Å². The SMILES string of the molecule is Cn1cncc1-c1csc(C(=O)NC2CCC(N3CC[C@H](F)C3)CC2)n1. The second-order valence-corrected chi connectivity index (χ2v) is 8.15. The van der Waals surface area contributed by atoms with Gasteiger partial charge in [0.2, 0.25) is 0 Å². The summed E-state index contributed by atoms with van der Waals surface area (Å²) in [5.41, 5.74) is 1.68. The number of imidazole rings is 1. The lowest BCUT2D eigenvalue weighted by molar-refractivity contribution is 0.0909. The van der Waals surface area contributed by atoms with Crippen LogP contribution in [0.2, 0.25) is 0 Å². The molecular weight excluding hydrogens is 353 g/mol. The summed E-state index contributed by atoms with van der Waals surface area (Å²) >= 11 is 1.36. The maximum absolute atomic E-state index is 13.4. The lowest BCUT2D eigenvalue weighted by Crippen LogP contribution is -2.43. The molecule has 26 heavy (non-hydrogen) atoms. The fourth-order valence-electron chi connectivity index (χ4n) is 4.01. The van der Waals surface area contributed by atoms with E-state index in [1.54, 1.807) is 12.5 Å². The molecule has 1 amide bonds. The molecule has 3 heterocycles. The van der Waals surface area contributed by atoms with Gasteiger partial charge in [0.1, 0.15) is 11.9 Å². The zero-order chi connectivity index (χ0) is 18.1. The van der Waals surface area contributed by atoms with E-state index in [1.165, 1.54) is 11.3 Å². The number of amides is 1. The fourth-order valence-corrected chi connectivity index (χ4v) is 4.72. The van der Waals surface area contributed by atoms with Gasteiger partial charge in [0.15, 0.2) is 5.01 Å². The molecule has 2 aliphatic rings. The highest BCUT2D eigenvalue weighted by atomic mass is 32.1. The number of carbonyl (C=O) groups is 1. The Morgan fingerprint density at radius 2 is 2.12 bits per heavy atom. The van der Waals surface area contributed by atoms with Gasteiger partial charge >= 0.3 is 0 Å². The molecule has 0 bridgehead atoms. The van der Waals surface area contributed by atoms with E-state index in [-0.39, 0.29) is 11.9 Å². The first-order valence-corrected chi connectivity index (χ1v) is 10.1. The molecule has 2 aromatic rings. The number of aryl methyl sites for hydroxylation is 1. The summed E-state index contributed by atoms with van der Waals surface area (Å²) in [6.45, 7) is 1.45. The van der Waals surface area contributed by atoms with Gasteiger partial charge in [0, 0.05) is 37.6 Å². The van der Waals surface area contributed by atoms with Gasteiger partial charge < -0.3 is 9.88 Å². The number of carbonyl (C=O) groups excluding carboxylic acids is 1. The van der Waals surface area contributed by atoms with Crippen LogP contribution in [0.3, 0.4) is 0 Å². The molecule has 0 aromatic carbocycles. The molecule has 2 fully saturated rings. The Kier molecular flexibility index (Phi) is 5.04. The van der Waals surface area contributed by atoms with E-state index in [1.807, 2.05) is 17.0 Å². The van der Waals surface area contributed by atoms with E-state index in [0.717, 1.165) is 43.6 Å². The minimum atomic E-state index is -0.661. The van der Waals surface area contributed by atoms with Crippen LogP contribution >= 0.6 is 11.3 Å². The average Bonchev–Trinajstić information content (AvgIpc) is 3.36. The number of hydrogen-bond acceptors (Lipinski definition) is 5. The maximum atomic E-state index is 13.4. The summed E-state index contributed by atoms with van der Waals surface area (Å²) in [6, 6.07) is 0.659. The standard InChI is InChI=1S/C18H24FN5OS/c1-23-11-20-8-16(23)15-10-26-18(22-15)17(25)21-13-2-4-14(5-3-13)24-7-6-12(19)9-24/h8,10-14H,2-7,9H2,1H3,(H,21,25)/t12-,13?,14?/m0/s1. The number of nitrogens with zero attached hydrogens (tertiary/aromatic N) is 4. The van der Waals surface area contributed by atoms with Crippen LogP contribution in [0.15, 0.2) is 17.9 Å². The van der Waals surface area contributed by atoms with E-state index >= 15 is 0 Å². The maximum Gasteiger partial charge on any atom is 0.280 e. The molecule has 0 unspecified atom stereocenters. The predicted molar refractivity (Wildman–Crippen MR) is 98.9 cm³/mol. The molecule has 1 aliphatic carbocycles. The van der Waals surface area contributed by atoms with Crippen LogP contribution in [0, 0.1) is 0 Å². The van der Waals surface area contributed by atoms with Crippen molar-refractivity contribution in [1.29, 1.82) is 0 Å². The molecule has 1 saturated carbocycles. The van der Waals surface area contributed by atoms with Gasteiger partial charge in [-0.1, -0.05) is 0 Å². The predicted octanol–water partition coefficient (Wildman–Crippen LogP) is 2.63. The minimum absolute atomic E-state index is 0.100. The molecule has 8 heteroatoms. The van der Waals surface area contributed by atoms with Gasteiger partial charge in [-0.05, 0) is 32.1 Å². The van der Waals surface area contributed by atoms with Crippen LogP contribution in [0.5, 0.6) is 0 Å². The van der Waals surface area contributed by atoms with Crippen LogP contribution in [-0.2, 0) is 7.05 Å². The smallest absolute Gasteiger partial charge is 0.280 e. The Bertz CT molecular complexity index is 767. The van der Waals surface area contributed by atoms with Gasteiger partial charge in [-0.15, -0.1) is 11.3 Å². The third kappa shape index (κ3) is 3.66. The highest BCUT2D eigenvalue weighted by molar-refractivity contribution is 7.12. The van der Waals surface area contributed by atoms with Crippen molar-refractivity contribution in [2.75, 3.05) is 13.1 Å². The number of likely N-dealkylation sites (tertiary alicyclic amines) is 1. The van der Waals surface area contributed by atoms with Crippen LogP contribution < -0.4 is 5.32 Å². The largest absolute Gasteiger partial charge is 0.347 e. The lowest BCUT2D eigenvalue weighted by Gasteiger charge is -2.34. The zero-order valence-corrected chi connectivity index (χ0v) is 15.7. The second-order valence-electron chi connectivity index (χ2n) is 7.29. The summed E-state index contributed by atoms with van der Waals surface area (Å²) in [7, 11) is 1.91. The van der Waals surface area contributed by atoms with E-state index in [2.05, 4.69) is 20.2 Å². The van der Waals surface area contributed by atoms with Crippen molar-refractivity contribution in [3.63, 3.8) is 0 Å². The highest BCUT2D eigenvalue weighted by Crippen LogP contribution is 2.27. The molecule has 0 radical (unpaired) electrons. The number of rotatable bonds is 4. The van der Waals surface area contributed by atoms with Crippen molar-refractivity contribution in [2.24, 2.45) is 7.05 Å². The van der Waals surface area contributed by atoms with E-state index in [4.69, 9.17) is 0 Å². The summed E-state index contributed by atoms with van der Waals surface area (Å²) in [5.74, 6) is -0.100. The van der Waals surface area contributed by atoms with Crippen LogP contribution in [0.1, 0.15) is 41.9 Å². The summed E-state index contributed by atoms with van der Waals surface area (Å²) in [4.78, 5) is 23.3. The number of alkyl halides is 1. The molecule has 140 valence electrons. The van der Waals surface area contributed by atoms with Gasteiger partial charge in [-0.3, -0.25) is 9.69 Å². The van der Waals surface area contributed by atoms with Crippen LogP contribution in [-0.4, -0.2) is 56.7 Å². The van der Waals surface area contributed by atoms with E-state index in [9.17, 15) is 9.18 Å². The molecule has 1 saturated heterocycles. The van der Waals surface area contributed by atoms with Crippen molar-refractivity contribution in [2.45, 2.75) is 50.4 Å². The van der Waals surface area contributed by atoms with Gasteiger partial charge in [0.05, 0.1) is 18.2 Å². The zero-order valence-electron chi connectivity index (χ0n) is 14.9. The van der Waals surface area contributed by atoms with Crippen molar-refractivity contribution < 1.29 is 9.18 Å². The Labute approximate surface area is 156 Å². The lowest BCUT2D eigenvalue weighted by atomic mass is 9.90. The molecule has 1 atom stereocenters. The Hall–Kier alpha value is -1.80. The Balaban J connectivity index is 1.31. The highest BCUT2D eigenvalue weighted by Gasteiger charge is 2.31. The molecule has 6 nitrogen and oxygen atoms in total. The summed E-state index contributed by atoms with van der Waals surface area (Å²) < 4.78 is 15.3. The second kappa shape index (κ2) is 7.44. The first kappa shape index (κ1) is 17.6. The number of thiazole rings is 1. The normalized spacial score (nSPS) is 26.9. The first-order chi connectivity index (χ1) is 12.6. The quantitative estimate of drug-likeness (QED) is 0.890. The van der Waals surface area contributed by atoms with Crippen molar-refractivity contribution >= 4 is 17.2 Å². The molecule has 4 rings (SSSR count). The minimum Gasteiger partial charge on any atom is -0.347 e. The van der Waals surface area contributed by atoms with Crippen LogP contribution in [0.25, 0.3) is 11.4 Å². The average molecular weight is 377 g/mol. The monoisotopic (exact) mass is 377 g/mol.